The average molecular weight is 337 g/mol. The van der Waals surface area contributed by atoms with Crippen LogP contribution in [0.15, 0.2) is 27.6 Å². The van der Waals surface area contributed by atoms with E-state index in [1.54, 1.807) is 19.9 Å². The first-order valence-corrected chi connectivity index (χ1v) is 7.51. The maximum Gasteiger partial charge on any atom is 0.245 e. The zero-order chi connectivity index (χ0) is 14.1. The molecular formula is C11H17BrN2O3S. The molecule has 7 heteroatoms. The minimum Gasteiger partial charge on any atom is -0.398 e. The topological polar surface area (TPSA) is 83.6 Å². The molecule has 5 nitrogen and oxygen atoms in total. The van der Waals surface area contributed by atoms with Crippen molar-refractivity contribution in [1.29, 1.82) is 0 Å². The van der Waals surface area contributed by atoms with Gasteiger partial charge in [0.2, 0.25) is 10.0 Å². The van der Waals surface area contributed by atoms with Crippen LogP contribution < -0.4 is 5.73 Å². The van der Waals surface area contributed by atoms with Crippen LogP contribution in [0.3, 0.4) is 0 Å². The Morgan fingerprint density at radius 3 is 2.50 bits per heavy atom. The van der Waals surface area contributed by atoms with Crippen molar-refractivity contribution in [3.63, 3.8) is 0 Å². The first kappa shape index (κ1) is 15.4. The number of nitrogens with zero attached hydrogens (tertiary/aromatic N) is 1. The van der Waals surface area contributed by atoms with Crippen molar-refractivity contribution >= 4 is 31.6 Å². The highest BCUT2D eigenvalue weighted by atomic mass is 79.9. The molecule has 0 unspecified atom stereocenters. The number of hydrogen-bond donors (Lipinski definition) is 2. The number of aliphatic hydroxyl groups is 1. The largest absolute Gasteiger partial charge is 0.398 e. The Kier molecular flexibility index (Phi) is 4.42. The lowest BCUT2D eigenvalue weighted by Crippen LogP contribution is -2.39. The molecule has 0 saturated carbocycles. The Morgan fingerprint density at radius 2 is 2.00 bits per heavy atom. The van der Waals surface area contributed by atoms with Crippen LogP contribution in [0.1, 0.15) is 13.8 Å². The molecular weight excluding hydrogens is 320 g/mol. The molecule has 0 bridgehead atoms. The minimum absolute atomic E-state index is 0.0126. The summed E-state index contributed by atoms with van der Waals surface area (Å²) >= 11 is 3.21. The second-order valence-corrected chi connectivity index (χ2v) is 7.68. The molecule has 0 radical (unpaired) electrons. The fourth-order valence-electron chi connectivity index (χ4n) is 1.53. The van der Waals surface area contributed by atoms with E-state index in [1.807, 2.05) is 0 Å². The zero-order valence-electron chi connectivity index (χ0n) is 10.5. The molecule has 3 N–H and O–H groups in total. The number of benzene rings is 1. The number of nitrogens with two attached hydrogens (primary N) is 1. The van der Waals surface area contributed by atoms with Crippen LogP contribution in [-0.4, -0.2) is 37.0 Å². The van der Waals surface area contributed by atoms with Crippen LogP contribution in [0.4, 0.5) is 5.69 Å². The highest BCUT2D eigenvalue weighted by molar-refractivity contribution is 9.10. The van der Waals surface area contributed by atoms with E-state index in [0.29, 0.717) is 4.47 Å². The second kappa shape index (κ2) is 5.16. The van der Waals surface area contributed by atoms with Crippen molar-refractivity contribution in [3.8, 4) is 0 Å². The summed E-state index contributed by atoms with van der Waals surface area (Å²) in [5, 5.41) is 9.68. The number of rotatable bonds is 4. The van der Waals surface area contributed by atoms with Gasteiger partial charge in [0.15, 0.2) is 0 Å². The van der Waals surface area contributed by atoms with Gasteiger partial charge >= 0.3 is 0 Å². The van der Waals surface area contributed by atoms with Crippen LogP contribution in [0.25, 0.3) is 0 Å². The summed E-state index contributed by atoms with van der Waals surface area (Å²) < 4.78 is 26.3. The van der Waals surface area contributed by atoms with Gasteiger partial charge in [-0.3, -0.25) is 0 Å². The monoisotopic (exact) mass is 336 g/mol. The van der Waals surface area contributed by atoms with Crippen molar-refractivity contribution in [2.24, 2.45) is 0 Å². The molecule has 0 amide bonds. The third-order valence-corrected chi connectivity index (χ3v) is 4.63. The van der Waals surface area contributed by atoms with Gasteiger partial charge in [-0.1, -0.05) is 15.9 Å². The standard InChI is InChI=1S/C11H17BrN2O3S/c1-11(2,15)7-14(3)18(16,17)10-6-8(12)4-5-9(10)13/h4-6,15H,7,13H2,1-3H3. The predicted octanol–water partition coefficient (Wildman–Crippen LogP) is 1.42. The summed E-state index contributed by atoms with van der Waals surface area (Å²) in [6, 6.07) is 4.64. The van der Waals surface area contributed by atoms with Gasteiger partial charge in [0.1, 0.15) is 4.90 Å². The van der Waals surface area contributed by atoms with E-state index in [4.69, 9.17) is 5.73 Å². The van der Waals surface area contributed by atoms with E-state index >= 15 is 0 Å². The molecule has 18 heavy (non-hydrogen) atoms. The molecule has 102 valence electrons. The third kappa shape index (κ3) is 3.68. The summed E-state index contributed by atoms with van der Waals surface area (Å²) in [5.41, 5.74) is 4.76. The number of likely N-dealkylation sites (N-methyl/N-ethyl adjacent to an activating group) is 1. The number of sulfonamides is 1. The number of halogens is 1. The summed E-state index contributed by atoms with van der Waals surface area (Å²) in [5.74, 6) is 0. The summed E-state index contributed by atoms with van der Waals surface area (Å²) in [6.07, 6.45) is 0. The molecule has 0 atom stereocenters. The molecule has 1 rings (SSSR count). The first-order valence-electron chi connectivity index (χ1n) is 5.28. The van der Waals surface area contributed by atoms with Crippen LogP contribution in [0, 0.1) is 0 Å². The highest BCUT2D eigenvalue weighted by Gasteiger charge is 2.28. The fourth-order valence-corrected chi connectivity index (χ4v) is 3.51. The van der Waals surface area contributed by atoms with Crippen molar-refractivity contribution in [2.45, 2.75) is 24.3 Å². The van der Waals surface area contributed by atoms with Gasteiger partial charge in [-0.2, -0.15) is 4.31 Å². The normalized spacial score (nSPS) is 13.0. The molecule has 0 aromatic heterocycles. The smallest absolute Gasteiger partial charge is 0.245 e. The van der Waals surface area contributed by atoms with Gasteiger partial charge in [0.05, 0.1) is 11.3 Å². The van der Waals surface area contributed by atoms with Gasteiger partial charge in [0, 0.05) is 18.1 Å². The second-order valence-electron chi connectivity index (χ2n) is 4.76. The molecule has 0 fully saturated rings. The molecule has 0 aliphatic rings. The molecule has 0 saturated heterocycles. The molecule has 0 heterocycles. The Morgan fingerprint density at radius 1 is 1.44 bits per heavy atom. The summed E-state index contributed by atoms with van der Waals surface area (Å²) in [4.78, 5) is 0.0311. The molecule has 0 spiro atoms. The maximum absolute atomic E-state index is 12.3. The molecule has 1 aromatic rings. The van der Waals surface area contributed by atoms with Gasteiger partial charge in [-0.25, -0.2) is 8.42 Å². The molecule has 0 aliphatic carbocycles. The van der Waals surface area contributed by atoms with Crippen molar-refractivity contribution in [2.75, 3.05) is 19.3 Å². The Hall–Kier alpha value is -0.630. The van der Waals surface area contributed by atoms with E-state index in [2.05, 4.69) is 15.9 Å². The van der Waals surface area contributed by atoms with Crippen LogP contribution >= 0.6 is 15.9 Å². The average Bonchev–Trinajstić information content (AvgIpc) is 2.19. The number of nitrogen functional groups attached to an aromatic ring is 1. The Balaban J connectivity index is 3.17. The lowest BCUT2D eigenvalue weighted by molar-refractivity contribution is 0.0640. The number of hydrogen-bond acceptors (Lipinski definition) is 4. The predicted molar refractivity (Wildman–Crippen MR) is 74.7 cm³/mol. The Labute approximate surface area is 116 Å². The number of anilines is 1. The fraction of sp³-hybridized carbons (Fsp3) is 0.455. The summed E-state index contributed by atoms with van der Waals surface area (Å²) in [6.45, 7) is 3.08. The van der Waals surface area contributed by atoms with Crippen LogP contribution in [0.2, 0.25) is 0 Å². The van der Waals surface area contributed by atoms with Gasteiger partial charge in [0.25, 0.3) is 0 Å². The SMILES string of the molecule is CN(CC(C)(C)O)S(=O)(=O)c1cc(Br)ccc1N. The zero-order valence-corrected chi connectivity index (χ0v) is 12.9. The lowest BCUT2D eigenvalue weighted by Gasteiger charge is -2.25. The van der Waals surface area contributed by atoms with Crippen LogP contribution in [0.5, 0.6) is 0 Å². The van der Waals surface area contributed by atoms with Crippen molar-refractivity contribution < 1.29 is 13.5 Å². The molecule has 0 aliphatic heterocycles. The van der Waals surface area contributed by atoms with E-state index < -0.39 is 15.6 Å². The van der Waals surface area contributed by atoms with Gasteiger partial charge < -0.3 is 10.8 Å². The first-order chi connectivity index (χ1) is 8.04. The van der Waals surface area contributed by atoms with E-state index in [-0.39, 0.29) is 17.1 Å². The van der Waals surface area contributed by atoms with Gasteiger partial charge in [-0.05, 0) is 32.0 Å². The lowest BCUT2D eigenvalue weighted by atomic mass is 10.1. The Bertz CT molecular complexity index is 538. The minimum atomic E-state index is -3.71. The van der Waals surface area contributed by atoms with Gasteiger partial charge in [-0.15, -0.1) is 0 Å². The van der Waals surface area contributed by atoms with Crippen molar-refractivity contribution in [1.82, 2.24) is 4.31 Å². The quantitative estimate of drug-likeness (QED) is 0.814. The van der Waals surface area contributed by atoms with E-state index in [9.17, 15) is 13.5 Å². The highest BCUT2D eigenvalue weighted by Crippen LogP contribution is 2.26. The maximum atomic E-state index is 12.3. The van der Waals surface area contributed by atoms with E-state index in [1.165, 1.54) is 19.2 Å². The molecule has 1 aromatic carbocycles. The summed E-state index contributed by atoms with van der Waals surface area (Å²) in [7, 11) is -2.30. The van der Waals surface area contributed by atoms with E-state index in [0.717, 1.165) is 4.31 Å². The van der Waals surface area contributed by atoms with Crippen LogP contribution in [-0.2, 0) is 10.0 Å². The van der Waals surface area contributed by atoms with Crippen molar-refractivity contribution in [3.05, 3.63) is 22.7 Å². The third-order valence-electron chi connectivity index (χ3n) is 2.27.